The smallest absolute Gasteiger partial charge is 0.186 e. The molecule has 6 heteroatoms. The van der Waals surface area contributed by atoms with E-state index < -0.39 is 37.3 Å². The Balaban J connectivity index is 2.44. The zero-order valence-corrected chi connectivity index (χ0v) is 18.0. The summed E-state index contributed by atoms with van der Waals surface area (Å²) >= 11 is 0. The third-order valence-corrected chi connectivity index (χ3v) is 5.78. The molecular weight excluding hydrogens is 360 g/mol. The maximum absolute atomic E-state index is 10.1. The predicted molar refractivity (Wildman–Crippen MR) is 110 cm³/mol. The Morgan fingerprint density at radius 2 is 1.29 bits per heavy atom. The van der Waals surface area contributed by atoms with Gasteiger partial charge in [-0.2, -0.15) is 0 Å². The monoisotopic (exact) mass is 404 g/mol. The van der Waals surface area contributed by atoms with Gasteiger partial charge in [0.05, 0.1) is 13.2 Å². The van der Waals surface area contributed by atoms with Gasteiger partial charge in [-0.1, -0.05) is 78.1 Å². The lowest BCUT2D eigenvalue weighted by Crippen LogP contribution is -2.59. The molecule has 4 N–H and O–H groups in total. The third kappa shape index (κ3) is 9.51. The van der Waals surface area contributed by atoms with Crippen molar-refractivity contribution in [2.75, 3.05) is 13.2 Å². The molecule has 0 aliphatic carbocycles. The lowest BCUT2D eigenvalue weighted by atomic mass is 9.94. The van der Waals surface area contributed by atoms with Crippen LogP contribution in [0.5, 0.6) is 0 Å². The van der Waals surface area contributed by atoms with Crippen LogP contribution in [0, 0.1) is 5.92 Å². The van der Waals surface area contributed by atoms with Crippen molar-refractivity contribution < 1.29 is 29.9 Å². The zero-order valence-electron chi connectivity index (χ0n) is 18.0. The van der Waals surface area contributed by atoms with Gasteiger partial charge < -0.3 is 29.9 Å². The van der Waals surface area contributed by atoms with Crippen molar-refractivity contribution in [2.24, 2.45) is 5.92 Å². The topological polar surface area (TPSA) is 99.4 Å². The molecule has 1 rings (SSSR count). The van der Waals surface area contributed by atoms with Crippen molar-refractivity contribution in [1.82, 2.24) is 0 Å². The third-order valence-electron chi connectivity index (χ3n) is 5.78. The average molecular weight is 405 g/mol. The number of hydrogen-bond acceptors (Lipinski definition) is 6. The van der Waals surface area contributed by atoms with Crippen LogP contribution in [0.3, 0.4) is 0 Å². The van der Waals surface area contributed by atoms with E-state index in [9.17, 15) is 20.4 Å². The molecule has 0 amide bonds. The van der Waals surface area contributed by atoms with Gasteiger partial charge >= 0.3 is 0 Å². The highest BCUT2D eigenvalue weighted by molar-refractivity contribution is 4.88. The van der Waals surface area contributed by atoms with E-state index in [-0.39, 0.29) is 0 Å². The van der Waals surface area contributed by atoms with Crippen LogP contribution >= 0.6 is 0 Å². The van der Waals surface area contributed by atoms with Gasteiger partial charge in [0.25, 0.3) is 0 Å². The normalized spacial score (nSPS) is 29.1. The molecule has 0 aromatic rings. The summed E-state index contributed by atoms with van der Waals surface area (Å²) < 4.78 is 11.3. The average Bonchev–Trinajstić information content (AvgIpc) is 2.70. The Bertz CT molecular complexity index is 365. The Morgan fingerprint density at radius 3 is 1.86 bits per heavy atom. The molecule has 0 spiro atoms. The summed E-state index contributed by atoms with van der Waals surface area (Å²) in [5.41, 5.74) is 0. The second-order valence-electron chi connectivity index (χ2n) is 8.30. The first kappa shape index (κ1) is 25.8. The van der Waals surface area contributed by atoms with E-state index in [2.05, 4.69) is 13.8 Å². The highest BCUT2D eigenvalue weighted by Gasteiger charge is 2.44. The van der Waals surface area contributed by atoms with E-state index in [0.717, 1.165) is 12.8 Å². The molecular formula is C22H44O6. The minimum absolute atomic E-state index is 0.399. The Morgan fingerprint density at radius 1 is 0.750 bits per heavy atom. The summed E-state index contributed by atoms with van der Waals surface area (Å²) in [6.07, 6.45) is 8.65. The molecule has 1 heterocycles. The number of ether oxygens (including phenoxy) is 2. The van der Waals surface area contributed by atoms with Crippen LogP contribution in [0.25, 0.3) is 0 Å². The van der Waals surface area contributed by atoms with E-state index in [4.69, 9.17) is 9.47 Å². The quantitative estimate of drug-likeness (QED) is 0.295. The maximum atomic E-state index is 10.1. The Kier molecular flexibility index (Phi) is 14.4. The van der Waals surface area contributed by atoms with E-state index >= 15 is 0 Å². The second-order valence-corrected chi connectivity index (χ2v) is 8.30. The summed E-state index contributed by atoms with van der Waals surface area (Å²) in [5.74, 6) is 0.399. The van der Waals surface area contributed by atoms with Gasteiger partial charge in [-0.05, 0) is 18.8 Å². The molecule has 6 atom stereocenters. The van der Waals surface area contributed by atoms with Gasteiger partial charge in [-0.25, -0.2) is 0 Å². The molecule has 0 saturated carbocycles. The molecule has 1 fully saturated rings. The number of unbranched alkanes of at least 4 members (excludes halogenated alkanes) is 8. The van der Waals surface area contributed by atoms with Crippen LogP contribution in [0.1, 0.15) is 90.9 Å². The van der Waals surface area contributed by atoms with Gasteiger partial charge in [0, 0.05) is 0 Å². The van der Waals surface area contributed by atoms with Crippen molar-refractivity contribution in [3.8, 4) is 0 Å². The zero-order chi connectivity index (χ0) is 20.8. The molecule has 1 aliphatic rings. The fourth-order valence-electron chi connectivity index (χ4n) is 3.82. The molecule has 168 valence electrons. The second kappa shape index (κ2) is 15.6. The summed E-state index contributed by atoms with van der Waals surface area (Å²) in [4.78, 5) is 0. The first-order valence-electron chi connectivity index (χ1n) is 11.5. The molecule has 28 heavy (non-hydrogen) atoms. The molecule has 1 saturated heterocycles. The number of aliphatic hydroxyl groups excluding tert-OH is 4. The van der Waals surface area contributed by atoms with E-state index in [1.165, 1.54) is 64.2 Å². The summed E-state index contributed by atoms with van der Waals surface area (Å²) in [6.45, 7) is 4.46. The van der Waals surface area contributed by atoms with E-state index in [1.54, 1.807) is 0 Å². The van der Waals surface area contributed by atoms with Crippen LogP contribution in [0.4, 0.5) is 0 Å². The van der Waals surface area contributed by atoms with Gasteiger partial charge in [-0.3, -0.25) is 0 Å². The summed E-state index contributed by atoms with van der Waals surface area (Å²) in [7, 11) is 0. The summed E-state index contributed by atoms with van der Waals surface area (Å²) in [6, 6.07) is 0. The standard InChI is InChI=1S/C22H44O6/c1-3-5-7-9-10-12-14-17(13-11-8-6-4-2)16-27-22-21(26)20(25)19(24)18(15-23)28-22/h17-26H,3-16H2,1-2H3/t17?,18-,19+,20+,21-,22+/m1/s1. The molecule has 6 nitrogen and oxygen atoms in total. The highest BCUT2D eigenvalue weighted by Crippen LogP contribution is 2.25. The van der Waals surface area contributed by atoms with Crippen molar-refractivity contribution in [1.29, 1.82) is 0 Å². The van der Waals surface area contributed by atoms with Crippen molar-refractivity contribution in [2.45, 2.75) is 122 Å². The summed E-state index contributed by atoms with van der Waals surface area (Å²) in [5, 5.41) is 39.2. The first-order chi connectivity index (χ1) is 13.5. The lowest BCUT2D eigenvalue weighted by Gasteiger charge is -2.40. The molecule has 0 radical (unpaired) electrons. The number of aliphatic hydroxyl groups is 4. The van der Waals surface area contributed by atoms with Crippen LogP contribution in [-0.4, -0.2) is 64.3 Å². The van der Waals surface area contributed by atoms with E-state index in [0.29, 0.717) is 12.5 Å². The van der Waals surface area contributed by atoms with E-state index in [1.807, 2.05) is 0 Å². The Hall–Kier alpha value is -0.240. The number of hydrogen-bond donors (Lipinski definition) is 4. The van der Waals surface area contributed by atoms with Gasteiger partial charge in [0.1, 0.15) is 24.4 Å². The van der Waals surface area contributed by atoms with Crippen LogP contribution in [-0.2, 0) is 9.47 Å². The minimum atomic E-state index is -1.38. The predicted octanol–water partition coefficient (Wildman–Crippen LogP) is 3.14. The fraction of sp³-hybridized carbons (Fsp3) is 1.00. The molecule has 0 aromatic carbocycles. The highest BCUT2D eigenvalue weighted by atomic mass is 16.7. The van der Waals surface area contributed by atoms with Crippen molar-refractivity contribution in [3.05, 3.63) is 0 Å². The molecule has 0 aromatic heterocycles. The maximum Gasteiger partial charge on any atom is 0.186 e. The Labute approximate surface area is 171 Å². The molecule has 1 unspecified atom stereocenters. The van der Waals surface area contributed by atoms with Crippen LogP contribution < -0.4 is 0 Å². The molecule has 0 bridgehead atoms. The number of rotatable bonds is 16. The fourth-order valence-corrected chi connectivity index (χ4v) is 3.82. The van der Waals surface area contributed by atoms with Gasteiger partial charge in [0.15, 0.2) is 6.29 Å². The first-order valence-corrected chi connectivity index (χ1v) is 11.5. The minimum Gasteiger partial charge on any atom is -0.394 e. The van der Waals surface area contributed by atoms with Crippen molar-refractivity contribution in [3.63, 3.8) is 0 Å². The molecule has 1 aliphatic heterocycles. The van der Waals surface area contributed by atoms with Gasteiger partial charge in [-0.15, -0.1) is 0 Å². The SMILES string of the molecule is CCCCCCCCC(CCCCCC)CO[C@H]1O[C@H](CO)[C@H](O)[C@H](O)[C@H]1O. The van der Waals surface area contributed by atoms with Crippen LogP contribution in [0.2, 0.25) is 0 Å². The van der Waals surface area contributed by atoms with Crippen molar-refractivity contribution >= 4 is 0 Å². The lowest BCUT2D eigenvalue weighted by molar-refractivity contribution is -0.303. The van der Waals surface area contributed by atoms with Crippen LogP contribution in [0.15, 0.2) is 0 Å². The largest absolute Gasteiger partial charge is 0.394 e. The van der Waals surface area contributed by atoms with Gasteiger partial charge in [0.2, 0.25) is 0 Å².